The molecular formula is C19H14FN5O. The Morgan fingerprint density at radius 1 is 1.27 bits per heavy atom. The molecule has 0 radical (unpaired) electrons. The number of hydrogen-bond acceptors (Lipinski definition) is 4. The molecule has 0 bridgehead atoms. The third-order valence-corrected chi connectivity index (χ3v) is 4.52. The Morgan fingerprint density at radius 2 is 2.08 bits per heavy atom. The molecule has 0 aliphatic heterocycles. The van der Waals surface area contributed by atoms with Crippen molar-refractivity contribution in [3.8, 4) is 6.07 Å². The highest BCUT2D eigenvalue weighted by molar-refractivity contribution is 6.22. The number of benzene rings is 2. The van der Waals surface area contributed by atoms with Gasteiger partial charge in [0.15, 0.2) is 0 Å². The van der Waals surface area contributed by atoms with E-state index in [-0.39, 0.29) is 5.56 Å². The summed E-state index contributed by atoms with van der Waals surface area (Å²) in [6.45, 7) is 3.85. The first-order chi connectivity index (χ1) is 12.4. The summed E-state index contributed by atoms with van der Waals surface area (Å²) >= 11 is 0. The Morgan fingerprint density at radius 3 is 2.85 bits per heavy atom. The van der Waals surface area contributed by atoms with Crippen LogP contribution in [0.25, 0.3) is 32.6 Å². The predicted octanol–water partition coefficient (Wildman–Crippen LogP) is 3.45. The summed E-state index contributed by atoms with van der Waals surface area (Å²) in [7, 11) is 0. The van der Waals surface area contributed by atoms with Crippen LogP contribution in [0.3, 0.4) is 0 Å². The van der Waals surface area contributed by atoms with Gasteiger partial charge in [-0.15, -0.1) is 0 Å². The number of halogens is 1. The maximum Gasteiger partial charge on any atom is 0.272 e. The first kappa shape index (κ1) is 16.0. The molecule has 2 aromatic carbocycles. The molecule has 0 saturated heterocycles. The van der Waals surface area contributed by atoms with E-state index in [4.69, 9.17) is 10.2 Å². The van der Waals surface area contributed by atoms with Gasteiger partial charge in [0, 0.05) is 27.6 Å². The number of hydrogen-bond donors (Lipinski definition) is 2. The molecule has 26 heavy (non-hydrogen) atoms. The number of rotatable bonds is 2. The molecule has 6 nitrogen and oxygen atoms in total. The molecular weight excluding hydrogens is 333 g/mol. The highest BCUT2D eigenvalue weighted by Crippen LogP contribution is 2.34. The highest BCUT2D eigenvalue weighted by Gasteiger charge is 2.24. The zero-order chi connectivity index (χ0) is 18.5. The van der Waals surface area contributed by atoms with E-state index in [1.807, 2.05) is 19.9 Å². The number of nitrogens with one attached hydrogen (secondary N) is 2. The van der Waals surface area contributed by atoms with E-state index in [1.54, 1.807) is 12.1 Å². The SMILES string of the molecule is CC(C)(/C=C/C#N)c1nc2c3ccc(F)cc3c3c(=O)[nH]ncc3c2[nH]1. The van der Waals surface area contributed by atoms with E-state index >= 15 is 0 Å². The van der Waals surface area contributed by atoms with E-state index in [9.17, 15) is 9.18 Å². The van der Waals surface area contributed by atoms with Crippen molar-refractivity contribution in [3.05, 3.63) is 58.5 Å². The van der Waals surface area contributed by atoms with Gasteiger partial charge in [-0.25, -0.2) is 14.5 Å². The van der Waals surface area contributed by atoms with E-state index < -0.39 is 11.2 Å². The Balaban J connectivity index is 2.20. The van der Waals surface area contributed by atoms with E-state index in [2.05, 4.69) is 15.2 Å². The molecule has 2 heterocycles. The minimum Gasteiger partial charge on any atom is -0.341 e. The molecule has 0 aliphatic carbocycles. The number of nitriles is 1. The third kappa shape index (κ3) is 2.27. The molecule has 0 spiro atoms. The molecule has 0 unspecified atom stereocenters. The lowest BCUT2D eigenvalue weighted by molar-refractivity contribution is 0.627. The summed E-state index contributed by atoms with van der Waals surface area (Å²) in [6.07, 6.45) is 4.69. The fourth-order valence-electron chi connectivity index (χ4n) is 3.18. The van der Waals surface area contributed by atoms with Crippen molar-refractivity contribution in [2.45, 2.75) is 19.3 Å². The number of imidazole rings is 1. The Kier molecular flexibility index (Phi) is 3.37. The zero-order valence-corrected chi connectivity index (χ0v) is 14.1. The van der Waals surface area contributed by atoms with Crippen LogP contribution in [0.4, 0.5) is 4.39 Å². The fraction of sp³-hybridized carbons (Fsp3) is 0.158. The quantitative estimate of drug-likeness (QED) is 0.428. The molecule has 2 N–H and O–H groups in total. The van der Waals surface area contributed by atoms with Crippen LogP contribution in [0, 0.1) is 17.1 Å². The fourth-order valence-corrected chi connectivity index (χ4v) is 3.18. The number of H-pyrrole nitrogens is 2. The smallest absolute Gasteiger partial charge is 0.272 e. The number of fused-ring (bicyclic) bond motifs is 6. The second-order valence-corrected chi connectivity index (χ2v) is 6.67. The molecule has 4 aromatic rings. The molecule has 2 aromatic heterocycles. The standard InChI is InChI=1S/C19H14FN5O/c1-19(2,6-3-7-21)18-23-15-11-5-4-10(20)8-12(11)14-13(16(15)24-18)9-22-25-17(14)26/h3-6,8-9H,1-2H3,(H,23,24)(H,25,26)/b6-3+. The van der Waals surface area contributed by atoms with Gasteiger partial charge in [-0.05, 0) is 32.0 Å². The zero-order valence-electron chi connectivity index (χ0n) is 14.1. The maximum atomic E-state index is 13.8. The maximum absolute atomic E-state index is 13.8. The lowest BCUT2D eigenvalue weighted by Gasteiger charge is -2.15. The van der Waals surface area contributed by atoms with Crippen LogP contribution in [0.1, 0.15) is 19.7 Å². The van der Waals surface area contributed by atoms with Crippen LogP contribution in [0.5, 0.6) is 0 Å². The van der Waals surface area contributed by atoms with Gasteiger partial charge in [0.05, 0.1) is 28.7 Å². The van der Waals surface area contributed by atoms with Crippen molar-refractivity contribution in [2.75, 3.05) is 0 Å². The summed E-state index contributed by atoms with van der Waals surface area (Å²) in [6, 6.07) is 6.28. The molecule has 0 fully saturated rings. The van der Waals surface area contributed by atoms with Gasteiger partial charge in [-0.3, -0.25) is 4.79 Å². The van der Waals surface area contributed by atoms with Crippen LogP contribution in [0.15, 0.2) is 41.3 Å². The van der Waals surface area contributed by atoms with Gasteiger partial charge in [0.2, 0.25) is 0 Å². The molecule has 0 atom stereocenters. The lowest BCUT2D eigenvalue weighted by atomic mass is 9.92. The average molecular weight is 347 g/mol. The first-order valence-electron chi connectivity index (χ1n) is 7.98. The van der Waals surface area contributed by atoms with Crippen LogP contribution in [-0.2, 0) is 5.41 Å². The summed E-state index contributed by atoms with van der Waals surface area (Å²) < 4.78 is 13.8. The summed E-state index contributed by atoms with van der Waals surface area (Å²) in [5, 5.41) is 17.2. The van der Waals surface area contributed by atoms with Crippen molar-refractivity contribution in [1.82, 2.24) is 20.2 Å². The van der Waals surface area contributed by atoms with Crippen molar-refractivity contribution >= 4 is 32.6 Å². The molecule has 7 heteroatoms. The number of aromatic amines is 2. The predicted molar refractivity (Wildman–Crippen MR) is 97.3 cm³/mol. The number of aromatic nitrogens is 4. The minimum atomic E-state index is -0.526. The summed E-state index contributed by atoms with van der Waals surface area (Å²) in [5.41, 5.74) is 0.376. The Labute approximate surface area is 147 Å². The largest absolute Gasteiger partial charge is 0.341 e. The van der Waals surface area contributed by atoms with Crippen molar-refractivity contribution in [3.63, 3.8) is 0 Å². The number of allylic oxidation sites excluding steroid dienone is 2. The van der Waals surface area contributed by atoms with Gasteiger partial charge in [-0.2, -0.15) is 10.4 Å². The Bertz CT molecular complexity index is 1310. The van der Waals surface area contributed by atoms with E-state index in [0.29, 0.717) is 38.4 Å². The van der Waals surface area contributed by atoms with Crippen LogP contribution < -0.4 is 5.56 Å². The van der Waals surface area contributed by atoms with Crippen molar-refractivity contribution in [1.29, 1.82) is 5.26 Å². The van der Waals surface area contributed by atoms with Crippen LogP contribution >= 0.6 is 0 Å². The third-order valence-electron chi connectivity index (χ3n) is 4.52. The van der Waals surface area contributed by atoms with E-state index in [1.165, 1.54) is 24.4 Å². The average Bonchev–Trinajstić information content (AvgIpc) is 3.06. The second-order valence-electron chi connectivity index (χ2n) is 6.67. The lowest BCUT2D eigenvalue weighted by Crippen LogP contribution is -2.15. The molecule has 128 valence electrons. The van der Waals surface area contributed by atoms with Crippen molar-refractivity contribution in [2.24, 2.45) is 0 Å². The van der Waals surface area contributed by atoms with Crippen LogP contribution in [-0.4, -0.2) is 20.2 Å². The second kappa shape index (κ2) is 5.49. The van der Waals surface area contributed by atoms with Crippen molar-refractivity contribution < 1.29 is 4.39 Å². The van der Waals surface area contributed by atoms with Gasteiger partial charge in [-0.1, -0.05) is 6.08 Å². The van der Waals surface area contributed by atoms with Gasteiger partial charge < -0.3 is 4.98 Å². The molecule has 0 aliphatic rings. The summed E-state index contributed by atoms with van der Waals surface area (Å²) in [4.78, 5) is 20.3. The normalized spacial score (nSPS) is 12.4. The van der Waals surface area contributed by atoms with Crippen LogP contribution in [0.2, 0.25) is 0 Å². The summed E-state index contributed by atoms with van der Waals surface area (Å²) in [5.74, 6) is 0.208. The molecule has 0 saturated carbocycles. The van der Waals surface area contributed by atoms with Gasteiger partial charge >= 0.3 is 0 Å². The minimum absolute atomic E-state index is 0.363. The number of nitrogens with zero attached hydrogens (tertiary/aromatic N) is 3. The van der Waals surface area contributed by atoms with E-state index in [0.717, 1.165) is 0 Å². The van der Waals surface area contributed by atoms with Gasteiger partial charge in [0.1, 0.15) is 11.6 Å². The first-order valence-corrected chi connectivity index (χ1v) is 7.98. The monoisotopic (exact) mass is 347 g/mol. The Hall–Kier alpha value is -3.53. The topological polar surface area (TPSA) is 98.2 Å². The van der Waals surface area contributed by atoms with Gasteiger partial charge in [0.25, 0.3) is 5.56 Å². The molecule has 0 amide bonds. The highest BCUT2D eigenvalue weighted by atomic mass is 19.1. The molecule has 4 rings (SSSR count).